The molecule has 1 aromatic carbocycles. The second-order valence-corrected chi connectivity index (χ2v) is 6.39. The van der Waals surface area contributed by atoms with Crippen molar-refractivity contribution in [3.05, 3.63) is 28.8 Å². The number of benzene rings is 1. The lowest BCUT2D eigenvalue weighted by Gasteiger charge is -2.35. The molecule has 1 fully saturated rings. The Morgan fingerprint density at radius 1 is 1.32 bits per heavy atom. The number of phenols is 1. The van der Waals surface area contributed by atoms with E-state index in [0.29, 0.717) is 29.3 Å². The van der Waals surface area contributed by atoms with Crippen molar-refractivity contribution in [3.8, 4) is 5.75 Å². The molecule has 106 valence electrons. The van der Waals surface area contributed by atoms with Crippen LogP contribution in [0.1, 0.15) is 45.1 Å². The van der Waals surface area contributed by atoms with Crippen LogP contribution in [0.5, 0.6) is 5.75 Å². The van der Waals surface area contributed by atoms with Gasteiger partial charge in [-0.25, -0.2) is 0 Å². The van der Waals surface area contributed by atoms with Gasteiger partial charge in [0.2, 0.25) is 0 Å². The lowest BCUT2D eigenvalue weighted by molar-refractivity contribution is 0.204. The van der Waals surface area contributed by atoms with Crippen LogP contribution in [0.15, 0.2) is 18.2 Å². The van der Waals surface area contributed by atoms with Crippen LogP contribution in [0.2, 0.25) is 5.02 Å². The molecule has 0 radical (unpaired) electrons. The Morgan fingerprint density at radius 3 is 2.79 bits per heavy atom. The molecule has 2 rings (SSSR count). The van der Waals surface area contributed by atoms with Crippen LogP contribution in [0, 0.1) is 11.8 Å². The average Bonchev–Trinajstić information content (AvgIpc) is 2.40. The van der Waals surface area contributed by atoms with Gasteiger partial charge in [0.15, 0.2) is 0 Å². The van der Waals surface area contributed by atoms with E-state index in [0.717, 1.165) is 11.5 Å². The molecular formula is C16H24ClNO. The Hall–Kier alpha value is -0.730. The first-order chi connectivity index (χ1) is 9.08. The molecule has 0 aliphatic heterocycles. The summed E-state index contributed by atoms with van der Waals surface area (Å²) < 4.78 is 0. The Bertz CT molecular complexity index is 419. The van der Waals surface area contributed by atoms with Crippen LogP contribution in [0.4, 0.5) is 0 Å². The molecule has 2 N–H and O–H groups in total. The summed E-state index contributed by atoms with van der Waals surface area (Å²) in [4.78, 5) is 0. The van der Waals surface area contributed by atoms with E-state index in [2.05, 4.69) is 19.2 Å². The van der Waals surface area contributed by atoms with Crippen LogP contribution in [-0.4, -0.2) is 11.1 Å². The number of hydrogen-bond donors (Lipinski definition) is 2. The summed E-state index contributed by atoms with van der Waals surface area (Å²) in [6, 6.07) is 5.79. The van der Waals surface area contributed by atoms with Gasteiger partial charge >= 0.3 is 0 Å². The molecule has 1 saturated carbocycles. The van der Waals surface area contributed by atoms with Gasteiger partial charge in [-0.3, -0.25) is 0 Å². The maximum atomic E-state index is 9.84. The van der Waals surface area contributed by atoms with E-state index in [1.807, 2.05) is 6.07 Å². The summed E-state index contributed by atoms with van der Waals surface area (Å²) >= 11 is 5.98. The molecule has 1 aliphatic carbocycles. The van der Waals surface area contributed by atoms with Crippen molar-refractivity contribution in [2.24, 2.45) is 11.8 Å². The molecule has 0 heterocycles. The fourth-order valence-corrected chi connectivity index (χ4v) is 3.34. The van der Waals surface area contributed by atoms with E-state index in [-0.39, 0.29) is 0 Å². The van der Waals surface area contributed by atoms with Gasteiger partial charge in [0.25, 0.3) is 0 Å². The number of hydrogen-bond acceptors (Lipinski definition) is 2. The Balaban J connectivity index is 1.98. The molecule has 3 heteroatoms. The minimum absolute atomic E-state index is 0.328. The number of nitrogens with one attached hydrogen (secondary N) is 1. The summed E-state index contributed by atoms with van der Waals surface area (Å²) in [6.07, 6.45) is 5.22. The number of rotatable bonds is 4. The highest BCUT2D eigenvalue weighted by molar-refractivity contribution is 6.30. The Morgan fingerprint density at radius 2 is 2.05 bits per heavy atom. The van der Waals surface area contributed by atoms with Crippen LogP contribution in [0.3, 0.4) is 0 Å². The van der Waals surface area contributed by atoms with E-state index >= 15 is 0 Å². The topological polar surface area (TPSA) is 32.3 Å². The highest BCUT2D eigenvalue weighted by Gasteiger charge is 2.27. The summed E-state index contributed by atoms with van der Waals surface area (Å²) in [6.45, 7) is 5.31. The third-order valence-corrected chi connectivity index (χ3v) is 4.51. The molecule has 0 spiro atoms. The van der Waals surface area contributed by atoms with Gasteiger partial charge in [-0.1, -0.05) is 38.3 Å². The highest BCUT2D eigenvalue weighted by atomic mass is 35.5. The zero-order valence-corrected chi connectivity index (χ0v) is 12.6. The van der Waals surface area contributed by atoms with Crippen LogP contribution in [-0.2, 0) is 6.54 Å². The predicted octanol–water partition coefficient (Wildman–Crippen LogP) is 4.35. The van der Waals surface area contributed by atoms with E-state index in [1.165, 1.54) is 25.7 Å². The fraction of sp³-hybridized carbons (Fsp3) is 0.625. The Kier molecular flexibility index (Phi) is 5.12. The number of phenolic OH excluding ortho intramolecular Hbond substituents is 1. The maximum Gasteiger partial charge on any atom is 0.120 e. The second-order valence-electron chi connectivity index (χ2n) is 5.95. The molecule has 0 amide bonds. The summed E-state index contributed by atoms with van der Waals surface area (Å²) in [5.74, 6) is 1.79. The molecule has 2 atom stereocenters. The van der Waals surface area contributed by atoms with Gasteiger partial charge in [-0.2, -0.15) is 0 Å². The van der Waals surface area contributed by atoms with Crippen LogP contribution >= 0.6 is 11.6 Å². The van der Waals surface area contributed by atoms with Crippen LogP contribution in [0.25, 0.3) is 0 Å². The van der Waals surface area contributed by atoms with Gasteiger partial charge in [-0.15, -0.1) is 0 Å². The molecule has 1 aromatic rings. The largest absolute Gasteiger partial charge is 0.508 e. The van der Waals surface area contributed by atoms with Gasteiger partial charge in [0.05, 0.1) is 0 Å². The zero-order chi connectivity index (χ0) is 13.8. The molecular weight excluding hydrogens is 258 g/mol. The third kappa shape index (κ3) is 3.87. The van der Waals surface area contributed by atoms with Crippen molar-refractivity contribution < 1.29 is 5.11 Å². The highest BCUT2D eigenvalue weighted by Crippen LogP contribution is 2.31. The van der Waals surface area contributed by atoms with E-state index in [1.54, 1.807) is 12.1 Å². The van der Waals surface area contributed by atoms with E-state index < -0.39 is 0 Å². The van der Waals surface area contributed by atoms with Gasteiger partial charge < -0.3 is 10.4 Å². The molecule has 0 bridgehead atoms. The van der Waals surface area contributed by atoms with Gasteiger partial charge in [0.1, 0.15) is 5.75 Å². The van der Waals surface area contributed by atoms with Crippen molar-refractivity contribution in [3.63, 3.8) is 0 Å². The Labute approximate surface area is 121 Å². The van der Waals surface area contributed by atoms with Gasteiger partial charge in [0, 0.05) is 23.2 Å². The normalized spacial score (nSPS) is 23.8. The lowest BCUT2D eigenvalue weighted by atomic mass is 9.78. The summed E-state index contributed by atoms with van der Waals surface area (Å²) in [5, 5.41) is 14.1. The van der Waals surface area contributed by atoms with Crippen molar-refractivity contribution in [2.75, 3.05) is 0 Å². The standard InChI is InChI=1S/C16H24ClNO/c1-11(2)14-5-3-4-6-15(14)18-10-12-9-13(17)7-8-16(12)19/h7-9,11,14-15,18-19H,3-6,10H2,1-2H3. The van der Waals surface area contributed by atoms with Crippen molar-refractivity contribution in [2.45, 2.75) is 52.1 Å². The molecule has 1 aliphatic rings. The first-order valence-corrected chi connectivity index (χ1v) is 7.66. The minimum atomic E-state index is 0.328. The van der Waals surface area contributed by atoms with E-state index in [9.17, 15) is 5.11 Å². The first-order valence-electron chi connectivity index (χ1n) is 7.28. The van der Waals surface area contributed by atoms with Crippen LogP contribution < -0.4 is 5.32 Å². The van der Waals surface area contributed by atoms with Crippen molar-refractivity contribution >= 4 is 11.6 Å². The monoisotopic (exact) mass is 281 g/mol. The molecule has 0 saturated heterocycles. The molecule has 2 unspecified atom stereocenters. The van der Waals surface area contributed by atoms with E-state index in [4.69, 9.17) is 11.6 Å². The fourth-order valence-electron chi connectivity index (χ4n) is 3.15. The number of halogens is 1. The lowest BCUT2D eigenvalue weighted by Crippen LogP contribution is -2.40. The second kappa shape index (κ2) is 6.62. The first kappa shape index (κ1) is 14.7. The summed E-state index contributed by atoms with van der Waals surface area (Å²) in [7, 11) is 0. The zero-order valence-electron chi connectivity index (χ0n) is 11.8. The van der Waals surface area contributed by atoms with Crippen molar-refractivity contribution in [1.29, 1.82) is 0 Å². The average molecular weight is 282 g/mol. The van der Waals surface area contributed by atoms with Gasteiger partial charge in [-0.05, 0) is 42.9 Å². The third-order valence-electron chi connectivity index (χ3n) is 4.27. The predicted molar refractivity (Wildman–Crippen MR) is 80.5 cm³/mol. The maximum absolute atomic E-state index is 9.84. The SMILES string of the molecule is CC(C)C1CCCCC1NCc1cc(Cl)ccc1O. The molecule has 0 aromatic heterocycles. The summed E-state index contributed by atoms with van der Waals surface area (Å²) in [5.41, 5.74) is 0.889. The molecule has 19 heavy (non-hydrogen) atoms. The smallest absolute Gasteiger partial charge is 0.120 e. The molecule has 2 nitrogen and oxygen atoms in total. The number of aromatic hydroxyl groups is 1. The quantitative estimate of drug-likeness (QED) is 0.860. The minimum Gasteiger partial charge on any atom is -0.508 e. The van der Waals surface area contributed by atoms with Crippen molar-refractivity contribution in [1.82, 2.24) is 5.32 Å².